The topological polar surface area (TPSA) is 12.5 Å². The molecule has 0 aliphatic carbocycles. The minimum Gasteiger partial charge on any atom is -0.383 e. The highest BCUT2D eigenvalue weighted by molar-refractivity contribution is 6.30. The fourth-order valence-electron chi connectivity index (χ4n) is 3.86. The Kier molecular flexibility index (Phi) is 6.91. The number of ether oxygens (including phenoxy) is 1. The van der Waals surface area contributed by atoms with Crippen LogP contribution in [0.5, 0.6) is 0 Å². The predicted molar refractivity (Wildman–Crippen MR) is 104 cm³/mol. The van der Waals surface area contributed by atoms with Gasteiger partial charge in [-0.2, -0.15) is 0 Å². The van der Waals surface area contributed by atoms with Gasteiger partial charge in [0.25, 0.3) is 0 Å². The average molecular weight is 350 g/mol. The lowest BCUT2D eigenvalue weighted by molar-refractivity contribution is 0.0925. The van der Waals surface area contributed by atoms with Crippen LogP contribution in [0.4, 0.5) is 0 Å². The van der Waals surface area contributed by atoms with Crippen molar-refractivity contribution in [2.24, 2.45) is 0 Å². The van der Waals surface area contributed by atoms with Gasteiger partial charge >= 0.3 is 0 Å². The maximum atomic E-state index is 6.06. The zero-order valence-electron chi connectivity index (χ0n) is 15.8. The molecule has 0 saturated carbocycles. The van der Waals surface area contributed by atoms with Crippen LogP contribution in [0.25, 0.3) is 0 Å². The Labute approximate surface area is 152 Å². The van der Waals surface area contributed by atoms with E-state index in [4.69, 9.17) is 16.3 Å². The minimum absolute atomic E-state index is 0.0986. The second-order valence-corrected chi connectivity index (χ2v) is 8.33. The van der Waals surface area contributed by atoms with Gasteiger partial charge in [-0.1, -0.05) is 49.2 Å². The highest BCUT2D eigenvalue weighted by Crippen LogP contribution is 2.34. The number of allylic oxidation sites excluding steroid dienone is 1. The van der Waals surface area contributed by atoms with E-state index in [-0.39, 0.29) is 5.41 Å². The second kappa shape index (κ2) is 8.51. The average Bonchev–Trinajstić information content (AvgIpc) is 2.95. The summed E-state index contributed by atoms with van der Waals surface area (Å²) in [5.74, 6) is 0. The maximum Gasteiger partial charge on any atom is 0.0618 e. The SMILES string of the molecule is COC[C@H]1CCCN1[C@H](C=C(C)C)CC(C)(C)c1ccc(Cl)cc1. The molecule has 2 atom stereocenters. The van der Waals surface area contributed by atoms with Crippen molar-refractivity contribution >= 4 is 11.6 Å². The molecule has 0 amide bonds. The molecule has 0 spiro atoms. The lowest BCUT2D eigenvalue weighted by Gasteiger charge is -2.37. The summed E-state index contributed by atoms with van der Waals surface area (Å²) in [5.41, 5.74) is 2.83. The van der Waals surface area contributed by atoms with E-state index in [9.17, 15) is 0 Å². The summed E-state index contributed by atoms with van der Waals surface area (Å²) < 4.78 is 5.46. The van der Waals surface area contributed by atoms with E-state index < -0.39 is 0 Å². The van der Waals surface area contributed by atoms with Crippen LogP contribution in [0.2, 0.25) is 5.02 Å². The molecule has 1 saturated heterocycles. The van der Waals surface area contributed by atoms with E-state index >= 15 is 0 Å². The highest BCUT2D eigenvalue weighted by Gasteiger charge is 2.33. The number of halogens is 1. The van der Waals surface area contributed by atoms with Crippen LogP contribution in [-0.4, -0.2) is 37.2 Å². The molecule has 2 nitrogen and oxygen atoms in total. The molecular formula is C21H32ClNO. The maximum absolute atomic E-state index is 6.06. The van der Waals surface area contributed by atoms with Crippen LogP contribution in [0.15, 0.2) is 35.9 Å². The second-order valence-electron chi connectivity index (χ2n) is 7.90. The van der Waals surface area contributed by atoms with Crippen molar-refractivity contribution in [2.45, 2.75) is 64.5 Å². The molecule has 1 aromatic carbocycles. The first-order valence-corrected chi connectivity index (χ1v) is 9.37. The lowest BCUT2D eigenvalue weighted by Crippen LogP contribution is -2.43. The third-order valence-electron chi connectivity index (χ3n) is 5.08. The third kappa shape index (κ3) is 5.08. The van der Waals surface area contributed by atoms with Gasteiger partial charge in [0.05, 0.1) is 6.61 Å². The van der Waals surface area contributed by atoms with Crippen molar-refractivity contribution in [3.05, 3.63) is 46.5 Å². The number of rotatable bonds is 7. The van der Waals surface area contributed by atoms with E-state index in [0.717, 1.165) is 18.1 Å². The van der Waals surface area contributed by atoms with Gasteiger partial charge in [-0.25, -0.2) is 0 Å². The summed E-state index contributed by atoms with van der Waals surface area (Å²) >= 11 is 6.06. The third-order valence-corrected chi connectivity index (χ3v) is 5.33. The quantitative estimate of drug-likeness (QED) is 0.606. The molecule has 134 valence electrons. The minimum atomic E-state index is 0.0986. The molecule has 1 fully saturated rings. The smallest absolute Gasteiger partial charge is 0.0618 e. The van der Waals surface area contributed by atoms with E-state index in [1.807, 2.05) is 19.2 Å². The summed E-state index contributed by atoms with van der Waals surface area (Å²) in [4.78, 5) is 2.65. The van der Waals surface area contributed by atoms with Gasteiger partial charge in [0.2, 0.25) is 0 Å². The van der Waals surface area contributed by atoms with Gasteiger partial charge in [0.15, 0.2) is 0 Å². The molecule has 24 heavy (non-hydrogen) atoms. The molecule has 1 aliphatic rings. The molecule has 1 aromatic rings. The molecule has 1 heterocycles. The van der Waals surface area contributed by atoms with E-state index in [2.05, 4.69) is 50.8 Å². The van der Waals surface area contributed by atoms with E-state index in [0.29, 0.717) is 12.1 Å². The summed E-state index contributed by atoms with van der Waals surface area (Å²) in [6, 6.07) is 9.31. The van der Waals surface area contributed by atoms with Gasteiger partial charge in [0, 0.05) is 24.2 Å². The Morgan fingerprint density at radius 2 is 2.00 bits per heavy atom. The fourth-order valence-corrected chi connectivity index (χ4v) is 3.99. The number of hydrogen-bond donors (Lipinski definition) is 0. The Morgan fingerprint density at radius 1 is 1.33 bits per heavy atom. The van der Waals surface area contributed by atoms with Gasteiger partial charge < -0.3 is 4.74 Å². The lowest BCUT2D eigenvalue weighted by atomic mass is 9.78. The number of likely N-dealkylation sites (tertiary alicyclic amines) is 1. The fraction of sp³-hybridized carbons (Fsp3) is 0.619. The van der Waals surface area contributed by atoms with Gasteiger partial charge in [-0.3, -0.25) is 4.90 Å². The van der Waals surface area contributed by atoms with Gasteiger partial charge in [-0.05, 0) is 62.8 Å². The largest absolute Gasteiger partial charge is 0.383 e. The Hall–Kier alpha value is -0.830. The summed E-state index contributed by atoms with van der Waals surface area (Å²) in [6.45, 7) is 11.1. The first-order chi connectivity index (χ1) is 11.3. The molecule has 0 N–H and O–H groups in total. The predicted octanol–water partition coefficient (Wildman–Crippen LogP) is 5.45. The van der Waals surface area contributed by atoms with E-state index in [1.54, 1.807) is 0 Å². The summed E-state index contributed by atoms with van der Waals surface area (Å²) in [6.07, 6.45) is 6.04. The molecule has 0 aromatic heterocycles. The number of methoxy groups -OCH3 is 1. The standard InChI is InChI=1S/C21H32ClNO/c1-16(2)13-20(23-12-6-7-19(23)15-24-5)14-21(3,4)17-8-10-18(22)11-9-17/h8-11,13,19-20H,6-7,12,14-15H2,1-5H3/t19-,20-/m1/s1. The Bertz CT molecular complexity index is 545. The van der Waals surface area contributed by atoms with Crippen molar-refractivity contribution in [3.8, 4) is 0 Å². The zero-order valence-corrected chi connectivity index (χ0v) is 16.6. The molecule has 2 rings (SSSR count). The van der Waals surface area contributed by atoms with E-state index in [1.165, 1.54) is 30.5 Å². The van der Waals surface area contributed by atoms with Crippen molar-refractivity contribution < 1.29 is 4.74 Å². The first kappa shape index (κ1) is 19.5. The van der Waals surface area contributed by atoms with Crippen LogP contribution < -0.4 is 0 Å². The summed E-state index contributed by atoms with van der Waals surface area (Å²) in [5, 5.41) is 0.801. The molecule has 1 aliphatic heterocycles. The number of nitrogens with zero attached hydrogens (tertiary/aromatic N) is 1. The Balaban J connectivity index is 2.21. The van der Waals surface area contributed by atoms with Crippen molar-refractivity contribution in [1.29, 1.82) is 0 Å². The molecule has 3 heteroatoms. The Morgan fingerprint density at radius 3 is 2.58 bits per heavy atom. The van der Waals surface area contributed by atoms with Crippen molar-refractivity contribution in [1.82, 2.24) is 4.90 Å². The van der Waals surface area contributed by atoms with Crippen molar-refractivity contribution in [2.75, 3.05) is 20.3 Å². The first-order valence-electron chi connectivity index (χ1n) is 8.99. The normalized spacial score (nSPS) is 20.2. The highest BCUT2D eigenvalue weighted by atomic mass is 35.5. The molecule has 0 unspecified atom stereocenters. The van der Waals surface area contributed by atoms with Gasteiger partial charge in [-0.15, -0.1) is 0 Å². The number of benzene rings is 1. The van der Waals surface area contributed by atoms with Crippen LogP contribution >= 0.6 is 11.6 Å². The summed E-state index contributed by atoms with van der Waals surface area (Å²) in [7, 11) is 1.81. The zero-order chi connectivity index (χ0) is 17.7. The number of hydrogen-bond acceptors (Lipinski definition) is 2. The van der Waals surface area contributed by atoms with Gasteiger partial charge in [0.1, 0.15) is 0 Å². The molecular weight excluding hydrogens is 318 g/mol. The molecule has 0 bridgehead atoms. The van der Waals surface area contributed by atoms with Crippen LogP contribution in [-0.2, 0) is 10.2 Å². The molecule has 0 radical (unpaired) electrons. The van der Waals surface area contributed by atoms with Crippen LogP contribution in [0.3, 0.4) is 0 Å². The van der Waals surface area contributed by atoms with Crippen LogP contribution in [0, 0.1) is 0 Å². The van der Waals surface area contributed by atoms with Crippen LogP contribution in [0.1, 0.15) is 52.5 Å². The van der Waals surface area contributed by atoms with Crippen molar-refractivity contribution in [3.63, 3.8) is 0 Å². The monoisotopic (exact) mass is 349 g/mol.